The molecule has 0 aliphatic heterocycles. The van der Waals surface area contributed by atoms with Crippen molar-refractivity contribution >= 4 is 11.5 Å². The fourth-order valence-corrected chi connectivity index (χ4v) is 1.17. The van der Waals surface area contributed by atoms with Crippen LogP contribution in [0.15, 0.2) is 29.8 Å². The quantitative estimate of drug-likeness (QED) is 0.778. The Labute approximate surface area is 111 Å². The summed E-state index contributed by atoms with van der Waals surface area (Å²) in [5.74, 6) is -0.881. The number of benzene rings is 1. The number of carboxylic acid groups (broad SMARTS) is 1. The molecule has 0 fully saturated rings. The maximum atomic E-state index is 10.7. The number of hydrogen-bond acceptors (Lipinski definition) is 1. The highest BCUT2D eigenvalue weighted by Crippen LogP contribution is 2.18. The average Bonchev–Trinajstić information content (AvgIpc) is 2.42. The zero-order chi connectivity index (χ0) is 14.7. The van der Waals surface area contributed by atoms with E-state index in [-0.39, 0.29) is 0 Å². The Hall–Kier alpha value is -1.57. The lowest BCUT2D eigenvalue weighted by Crippen LogP contribution is -1.96. The first kappa shape index (κ1) is 18.8. The van der Waals surface area contributed by atoms with Gasteiger partial charge in [0.1, 0.15) is 0 Å². The third kappa shape index (κ3) is 6.24. The van der Waals surface area contributed by atoms with Crippen LogP contribution in [0.5, 0.6) is 0 Å². The molecule has 102 valence electrons. The number of aromatic carboxylic acids is 1. The summed E-state index contributed by atoms with van der Waals surface area (Å²) in [7, 11) is 0. The molecule has 0 radical (unpaired) electrons. The standard InChI is InChI=1S/C12H14O2.2C2H6/c1-8(2)9(3)10-5-4-6-11(7-10)12(13)14;2*1-2/h4-7H,1-3H3,(H,13,14);2*1-2H3. The van der Waals surface area contributed by atoms with Crippen molar-refractivity contribution in [3.8, 4) is 0 Å². The smallest absolute Gasteiger partial charge is 0.335 e. The highest BCUT2D eigenvalue weighted by molar-refractivity contribution is 5.88. The minimum Gasteiger partial charge on any atom is -0.478 e. The number of allylic oxidation sites excluding steroid dienone is 2. The van der Waals surface area contributed by atoms with Crippen molar-refractivity contribution in [2.75, 3.05) is 0 Å². The molecule has 2 heteroatoms. The molecular formula is C16H26O2. The van der Waals surface area contributed by atoms with E-state index in [0.717, 1.165) is 11.1 Å². The molecule has 0 amide bonds. The van der Waals surface area contributed by atoms with Crippen molar-refractivity contribution in [1.82, 2.24) is 0 Å². The Morgan fingerprint density at radius 3 is 1.78 bits per heavy atom. The molecule has 0 bridgehead atoms. The monoisotopic (exact) mass is 250 g/mol. The molecule has 1 aromatic carbocycles. The molecule has 0 aliphatic rings. The molecule has 0 atom stereocenters. The summed E-state index contributed by atoms with van der Waals surface area (Å²) in [5.41, 5.74) is 3.65. The second kappa shape index (κ2) is 10.6. The topological polar surface area (TPSA) is 37.3 Å². The van der Waals surface area contributed by atoms with Gasteiger partial charge in [0.05, 0.1) is 5.56 Å². The predicted octanol–water partition coefficient (Wildman–Crippen LogP) is 5.25. The van der Waals surface area contributed by atoms with Crippen LogP contribution in [0.2, 0.25) is 0 Å². The van der Waals surface area contributed by atoms with E-state index in [1.807, 2.05) is 54.5 Å². The van der Waals surface area contributed by atoms with Crippen LogP contribution in [0.1, 0.15) is 64.4 Å². The summed E-state index contributed by atoms with van der Waals surface area (Å²) in [6.07, 6.45) is 0. The van der Waals surface area contributed by atoms with E-state index >= 15 is 0 Å². The molecule has 0 saturated carbocycles. The molecule has 2 nitrogen and oxygen atoms in total. The molecule has 1 rings (SSSR count). The van der Waals surface area contributed by atoms with Crippen molar-refractivity contribution in [2.24, 2.45) is 0 Å². The second-order valence-electron chi connectivity index (χ2n) is 3.51. The van der Waals surface area contributed by atoms with Gasteiger partial charge in [-0.2, -0.15) is 0 Å². The van der Waals surface area contributed by atoms with Crippen molar-refractivity contribution < 1.29 is 9.90 Å². The maximum Gasteiger partial charge on any atom is 0.335 e. The van der Waals surface area contributed by atoms with Crippen molar-refractivity contribution in [2.45, 2.75) is 48.5 Å². The van der Waals surface area contributed by atoms with Crippen LogP contribution in [0, 0.1) is 0 Å². The van der Waals surface area contributed by atoms with Crippen molar-refractivity contribution in [3.63, 3.8) is 0 Å². The summed E-state index contributed by atoms with van der Waals surface area (Å²) in [6.45, 7) is 14.0. The SMILES string of the molecule is CC.CC.CC(C)=C(C)c1cccc(C(=O)O)c1. The number of hydrogen-bond donors (Lipinski definition) is 1. The van der Waals surface area contributed by atoms with Gasteiger partial charge in [0.15, 0.2) is 0 Å². The zero-order valence-corrected chi connectivity index (χ0v) is 12.7. The highest BCUT2D eigenvalue weighted by Gasteiger charge is 2.04. The van der Waals surface area contributed by atoms with Crippen molar-refractivity contribution in [1.29, 1.82) is 0 Å². The second-order valence-corrected chi connectivity index (χ2v) is 3.51. The van der Waals surface area contributed by atoms with Gasteiger partial charge in [0.25, 0.3) is 0 Å². The summed E-state index contributed by atoms with van der Waals surface area (Å²) in [4.78, 5) is 10.7. The van der Waals surface area contributed by atoms with E-state index in [0.29, 0.717) is 5.56 Å². The van der Waals surface area contributed by atoms with E-state index in [1.54, 1.807) is 18.2 Å². The summed E-state index contributed by atoms with van der Waals surface area (Å²) in [6, 6.07) is 6.99. The van der Waals surface area contributed by atoms with Crippen LogP contribution in [-0.2, 0) is 0 Å². The summed E-state index contributed by atoms with van der Waals surface area (Å²) < 4.78 is 0. The van der Waals surface area contributed by atoms with Gasteiger partial charge in [-0.3, -0.25) is 0 Å². The normalized spacial score (nSPS) is 8.17. The Morgan fingerprint density at radius 1 is 0.944 bits per heavy atom. The Bertz CT molecular complexity index is 386. The Morgan fingerprint density at radius 2 is 1.39 bits per heavy atom. The minimum atomic E-state index is -0.881. The first-order chi connectivity index (χ1) is 8.52. The van der Waals surface area contributed by atoms with Gasteiger partial charge in [-0.25, -0.2) is 4.79 Å². The van der Waals surface area contributed by atoms with E-state index in [2.05, 4.69) is 0 Å². The fourth-order valence-electron chi connectivity index (χ4n) is 1.17. The van der Waals surface area contributed by atoms with Crippen LogP contribution in [0.3, 0.4) is 0 Å². The van der Waals surface area contributed by atoms with Gasteiger partial charge in [0, 0.05) is 0 Å². The lowest BCUT2D eigenvalue weighted by atomic mass is 10.0. The molecule has 0 heterocycles. The van der Waals surface area contributed by atoms with Crippen LogP contribution in [-0.4, -0.2) is 11.1 Å². The fraction of sp³-hybridized carbons (Fsp3) is 0.438. The molecule has 0 spiro atoms. The van der Waals surface area contributed by atoms with Crippen LogP contribution >= 0.6 is 0 Å². The molecule has 18 heavy (non-hydrogen) atoms. The lowest BCUT2D eigenvalue weighted by Gasteiger charge is -2.04. The third-order valence-electron chi connectivity index (χ3n) is 2.29. The maximum absolute atomic E-state index is 10.7. The minimum absolute atomic E-state index is 0.336. The van der Waals surface area contributed by atoms with E-state index < -0.39 is 5.97 Å². The largest absolute Gasteiger partial charge is 0.478 e. The predicted molar refractivity (Wildman–Crippen MR) is 80.0 cm³/mol. The van der Waals surface area contributed by atoms with Gasteiger partial charge in [0.2, 0.25) is 0 Å². The molecular weight excluding hydrogens is 224 g/mol. The lowest BCUT2D eigenvalue weighted by molar-refractivity contribution is 0.0697. The number of carboxylic acids is 1. The van der Waals surface area contributed by atoms with Crippen LogP contribution < -0.4 is 0 Å². The van der Waals surface area contributed by atoms with Crippen molar-refractivity contribution in [3.05, 3.63) is 41.0 Å². The average molecular weight is 250 g/mol. The summed E-state index contributed by atoms with van der Waals surface area (Å²) in [5, 5.41) is 8.81. The van der Waals surface area contributed by atoms with Crippen LogP contribution in [0.4, 0.5) is 0 Å². The molecule has 0 aliphatic carbocycles. The molecule has 0 aromatic heterocycles. The van der Waals surface area contributed by atoms with Gasteiger partial charge in [-0.05, 0) is 44.0 Å². The van der Waals surface area contributed by atoms with E-state index in [4.69, 9.17) is 5.11 Å². The van der Waals surface area contributed by atoms with E-state index in [1.165, 1.54) is 5.57 Å². The molecule has 1 N–H and O–H groups in total. The number of carbonyl (C=O) groups is 1. The molecule has 0 saturated heterocycles. The Kier molecular flexibility index (Phi) is 11.0. The highest BCUT2D eigenvalue weighted by atomic mass is 16.4. The summed E-state index contributed by atoms with van der Waals surface area (Å²) >= 11 is 0. The van der Waals surface area contributed by atoms with Gasteiger partial charge < -0.3 is 5.11 Å². The third-order valence-corrected chi connectivity index (χ3v) is 2.29. The first-order valence-electron chi connectivity index (χ1n) is 6.50. The Balaban J connectivity index is 0. The van der Waals surface area contributed by atoms with E-state index in [9.17, 15) is 4.79 Å². The van der Waals surface area contributed by atoms with Crippen LogP contribution in [0.25, 0.3) is 5.57 Å². The van der Waals surface area contributed by atoms with Gasteiger partial charge >= 0.3 is 5.97 Å². The van der Waals surface area contributed by atoms with Gasteiger partial charge in [-0.15, -0.1) is 0 Å². The zero-order valence-electron chi connectivity index (χ0n) is 12.7. The molecule has 0 unspecified atom stereocenters. The van der Waals surface area contributed by atoms with Gasteiger partial charge in [-0.1, -0.05) is 45.4 Å². The molecule has 1 aromatic rings. The number of rotatable bonds is 2. The first-order valence-corrected chi connectivity index (χ1v) is 6.50.